The lowest BCUT2D eigenvalue weighted by molar-refractivity contribution is 0.476. The zero-order valence-corrected chi connectivity index (χ0v) is 9.55. The van der Waals surface area contributed by atoms with E-state index in [9.17, 15) is 0 Å². The van der Waals surface area contributed by atoms with Crippen LogP contribution < -0.4 is 5.32 Å². The third-order valence-corrected chi connectivity index (χ3v) is 3.43. The highest BCUT2D eigenvalue weighted by Gasteiger charge is 2.13. The van der Waals surface area contributed by atoms with Crippen molar-refractivity contribution in [3.63, 3.8) is 0 Å². The Bertz CT molecular complexity index is 287. The third-order valence-electron chi connectivity index (χ3n) is 3.43. The van der Waals surface area contributed by atoms with E-state index in [1.54, 1.807) is 6.33 Å². The van der Waals surface area contributed by atoms with E-state index < -0.39 is 0 Å². The Balaban J connectivity index is 1.60. The first-order valence-corrected chi connectivity index (χ1v) is 6.06. The lowest BCUT2D eigenvalue weighted by atomic mass is 10.0. The number of aryl methyl sites for hydroxylation is 1. The molecule has 2 N–H and O–H groups in total. The Morgan fingerprint density at radius 2 is 2.27 bits per heavy atom. The fourth-order valence-corrected chi connectivity index (χ4v) is 2.38. The number of aromatic amines is 1. The Morgan fingerprint density at radius 3 is 2.93 bits per heavy atom. The molecule has 2 rings (SSSR count). The zero-order valence-electron chi connectivity index (χ0n) is 9.55. The van der Waals surface area contributed by atoms with Gasteiger partial charge in [-0.15, -0.1) is 0 Å². The van der Waals surface area contributed by atoms with Gasteiger partial charge in [0.15, 0.2) is 0 Å². The summed E-state index contributed by atoms with van der Waals surface area (Å²) in [6.45, 7) is 4.11. The van der Waals surface area contributed by atoms with Gasteiger partial charge in [0.2, 0.25) is 0 Å². The van der Waals surface area contributed by atoms with Crippen LogP contribution in [-0.2, 0) is 6.54 Å². The first-order valence-electron chi connectivity index (χ1n) is 6.06. The molecule has 84 valence electrons. The van der Waals surface area contributed by atoms with Gasteiger partial charge in [-0.3, -0.25) is 0 Å². The van der Waals surface area contributed by atoms with Crippen LogP contribution in [0, 0.1) is 12.8 Å². The molecule has 0 saturated heterocycles. The van der Waals surface area contributed by atoms with E-state index in [-0.39, 0.29) is 0 Å². The molecular weight excluding hydrogens is 186 g/mol. The maximum atomic E-state index is 4.27. The third kappa shape index (κ3) is 3.06. The van der Waals surface area contributed by atoms with Crippen molar-refractivity contribution in [1.82, 2.24) is 15.3 Å². The second-order valence-corrected chi connectivity index (χ2v) is 4.59. The number of imidazole rings is 1. The summed E-state index contributed by atoms with van der Waals surface area (Å²) in [5.74, 6) is 0.984. The van der Waals surface area contributed by atoms with Gasteiger partial charge in [0, 0.05) is 12.2 Å². The summed E-state index contributed by atoms with van der Waals surface area (Å²) in [5, 5.41) is 3.47. The number of hydrogen-bond donors (Lipinski definition) is 2. The van der Waals surface area contributed by atoms with E-state index in [1.807, 2.05) is 0 Å². The molecule has 0 amide bonds. The fraction of sp³-hybridized carbons (Fsp3) is 0.750. The van der Waals surface area contributed by atoms with Crippen molar-refractivity contribution in [2.75, 3.05) is 6.54 Å². The molecule has 0 unspecified atom stereocenters. The van der Waals surface area contributed by atoms with Gasteiger partial charge in [-0.25, -0.2) is 4.98 Å². The van der Waals surface area contributed by atoms with Crippen LogP contribution in [-0.4, -0.2) is 16.5 Å². The van der Waals surface area contributed by atoms with Crippen LogP contribution in [0.4, 0.5) is 0 Å². The Hall–Kier alpha value is -0.830. The van der Waals surface area contributed by atoms with Crippen molar-refractivity contribution in [2.45, 2.75) is 45.6 Å². The number of rotatable bonds is 5. The van der Waals surface area contributed by atoms with Gasteiger partial charge in [0.05, 0.1) is 12.0 Å². The Kier molecular flexibility index (Phi) is 3.78. The standard InChI is InChI=1S/C12H21N3/c1-10-12(15-9-14-10)8-13-7-6-11-4-2-3-5-11/h9,11,13H,2-8H2,1H3,(H,14,15). The second-order valence-electron chi connectivity index (χ2n) is 4.59. The monoisotopic (exact) mass is 207 g/mol. The van der Waals surface area contributed by atoms with E-state index >= 15 is 0 Å². The second kappa shape index (κ2) is 5.31. The maximum Gasteiger partial charge on any atom is 0.0925 e. The van der Waals surface area contributed by atoms with Crippen LogP contribution in [0.2, 0.25) is 0 Å². The van der Waals surface area contributed by atoms with Crippen molar-refractivity contribution in [1.29, 1.82) is 0 Å². The van der Waals surface area contributed by atoms with Gasteiger partial charge in [-0.2, -0.15) is 0 Å². The highest BCUT2D eigenvalue weighted by atomic mass is 14.9. The van der Waals surface area contributed by atoms with E-state index in [2.05, 4.69) is 22.2 Å². The molecule has 3 nitrogen and oxygen atoms in total. The van der Waals surface area contributed by atoms with Gasteiger partial charge in [-0.05, 0) is 25.8 Å². The average molecular weight is 207 g/mol. The van der Waals surface area contributed by atoms with Crippen LogP contribution in [0.25, 0.3) is 0 Å². The molecule has 0 radical (unpaired) electrons. The van der Waals surface area contributed by atoms with Gasteiger partial charge >= 0.3 is 0 Å². The van der Waals surface area contributed by atoms with Crippen LogP contribution in [0.3, 0.4) is 0 Å². The number of aromatic nitrogens is 2. The topological polar surface area (TPSA) is 40.7 Å². The Morgan fingerprint density at radius 1 is 1.47 bits per heavy atom. The number of hydrogen-bond acceptors (Lipinski definition) is 2. The quantitative estimate of drug-likeness (QED) is 0.728. The first kappa shape index (κ1) is 10.7. The molecule has 3 heteroatoms. The largest absolute Gasteiger partial charge is 0.348 e. The van der Waals surface area contributed by atoms with Gasteiger partial charge in [0.1, 0.15) is 0 Å². The van der Waals surface area contributed by atoms with Crippen molar-refractivity contribution in [2.24, 2.45) is 5.92 Å². The SMILES string of the molecule is Cc1[nH]cnc1CNCCC1CCCC1. The summed E-state index contributed by atoms with van der Waals surface area (Å²) < 4.78 is 0. The van der Waals surface area contributed by atoms with Crippen molar-refractivity contribution in [3.05, 3.63) is 17.7 Å². The van der Waals surface area contributed by atoms with Gasteiger partial charge in [0.25, 0.3) is 0 Å². The molecule has 0 aromatic carbocycles. The van der Waals surface area contributed by atoms with Crippen molar-refractivity contribution in [3.8, 4) is 0 Å². The number of nitrogens with zero attached hydrogens (tertiary/aromatic N) is 1. The summed E-state index contributed by atoms with van der Waals surface area (Å²) in [6, 6.07) is 0. The normalized spacial score (nSPS) is 17.4. The Labute approximate surface area is 91.7 Å². The van der Waals surface area contributed by atoms with Gasteiger partial charge < -0.3 is 10.3 Å². The smallest absolute Gasteiger partial charge is 0.0925 e. The highest BCUT2D eigenvalue weighted by Crippen LogP contribution is 2.26. The first-order chi connectivity index (χ1) is 7.36. The van der Waals surface area contributed by atoms with E-state index in [4.69, 9.17) is 0 Å². The molecule has 15 heavy (non-hydrogen) atoms. The average Bonchev–Trinajstić information content (AvgIpc) is 2.85. The molecule has 1 saturated carbocycles. The number of H-pyrrole nitrogens is 1. The van der Waals surface area contributed by atoms with E-state index in [0.717, 1.165) is 24.7 Å². The summed E-state index contributed by atoms with van der Waals surface area (Å²) in [6.07, 6.45) is 8.89. The molecule has 1 aliphatic rings. The van der Waals surface area contributed by atoms with Crippen LogP contribution in [0.1, 0.15) is 43.5 Å². The lowest BCUT2D eigenvalue weighted by Gasteiger charge is -2.09. The van der Waals surface area contributed by atoms with Crippen LogP contribution in [0.5, 0.6) is 0 Å². The predicted octanol–water partition coefficient (Wildman–Crippen LogP) is 2.39. The van der Waals surface area contributed by atoms with E-state index in [0.29, 0.717) is 0 Å². The summed E-state index contributed by atoms with van der Waals surface area (Å²) >= 11 is 0. The summed E-state index contributed by atoms with van der Waals surface area (Å²) in [5.41, 5.74) is 2.34. The highest BCUT2D eigenvalue weighted by molar-refractivity contribution is 5.07. The molecule has 0 spiro atoms. The summed E-state index contributed by atoms with van der Waals surface area (Å²) in [4.78, 5) is 7.37. The van der Waals surface area contributed by atoms with Crippen molar-refractivity contribution >= 4 is 0 Å². The maximum absolute atomic E-state index is 4.27. The number of nitrogens with one attached hydrogen (secondary N) is 2. The predicted molar refractivity (Wildman–Crippen MR) is 61.6 cm³/mol. The zero-order chi connectivity index (χ0) is 10.5. The van der Waals surface area contributed by atoms with Crippen LogP contribution in [0.15, 0.2) is 6.33 Å². The molecule has 1 heterocycles. The lowest BCUT2D eigenvalue weighted by Crippen LogP contribution is -2.17. The molecular formula is C12H21N3. The molecule has 1 aromatic heterocycles. The molecule has 1 aromatic rings. The molecule has 0 aliphatic heterocycles. The molecule has 0 bridgehead atoms. The van der Waals surface area contributed by atoms with Crippen LogP contribution >= 0.6 is 0 Å². The fourth-order valence-electron chi connectivity index (χ4n) is 2.38. The van der Waals surface area contributed by atoms with E-state index in [1.165, 1.54) is 37.8 Å². The van der Waals surface area contributed by atoms with Gasteiger partial charge in [-0.1, -0.05) is 25.7 Å². The minimum Gasteiger partial charge on any atom is -0.348 e. The molecule has 1 fully saturated rings. The summed E-state index contributed by atoms with van der Waals surface area (Å²) in [7, 11) is 0. The minimum absolute atomic E-state index is 0.905. The molecule has 0 atom stereocenters. The molecule has 1 aliphatic carbocycles. The minimum atomic E-state index is 0.905. The van der Waals surface area contributed by atoms with Crippen molar-refractivity contribution < 1.29 is 0 Å².